The van der Waals surface area contributed by atoms with Gasteiger partial charge in [-0.2, -0.15) is 0 Å². The summed E-state index contributed by atoms with van der Waals surface area (Å²) in [5.41, 5.74) is 5.68. The standard InChI is InChI=1S/C16H17Cl2N/c1-11-7-8-15(12(2)9-11)19(3)16-6-4-5-14(18)13(16)10-17/h4-9H,10H2,1-3H3. The zero-order valence-corrected chi connectivity index (χ0v) is 12.9. The monoisotopic (exact) mass is 293 g/mol. The highest BCUT2D eigenvalue weighted by molar-refractivity contribution is 6.32. The van der Waals surface area contributed by atoms with Crippen molar-refractivity contribution in [1.29, 1.82) is 0 Å². The smallest absolute Gasteiger partial charge is 0.0509 e. The number of benzene rings is 2. The molecule has 0 spiro atoms. The number of nitrogens with zero attached hydrogens (tertiary/aromatic N) is 1. The maximum atomic E-state index is 6.21. The van der Waals surface area contributed by atoms with Crippen LogP contribution in [-0.2, 0) is 5.88 Å². The Morgan fingerprint density at radius 1 is 1.05 bits per heavy atom. The Morgan fingerprint density at radius 2 is 1.79 bits per heavy atom. The molecule has 2 aromatic carbocycles. The van der Waals surface area contributed by atoms with Crippen LogP contribution in [0.25, 0.3) is 0 Å². The summed E-state index contributed by atoms with van der Waals surface area (Å²) in [6, 6.07) is 12.3. The van der Waals surface area contributed by atoms with Crippen LogP contribution in [0.3, 0.4) is 0 Å². The van der Waals surface area contributed by atoms with Gasteiger partial charge in [0, 0.05) is 29.0 Å². The number of hydrogen-bond acceptors (Lipinski definition) is 1. The maximum Gasteiger partial charge on any atom is 0.0509 e. The molecule has 0 aromatic heterocycles. The molecule has 0 atom stereocenters. The number of alkyl halides is 1. The molecule has 0 aliphatic rings. The van der Waals surface area contributed by atoms with E-state index in [0.717, 1.165) is 11.3 Å². The summed E-state index contributed by atoms with van der Waals surface area (Å²) in [7, 11) is 2.04. The van der Waals surface area contributed by atoms with Gasteiger partial charge in [-0.3, -0.25) is 0 Å². The van der Waals surface area contributed by atoms with Crippen LogP contribution in [0.5, 0.6) is 0 Å². The largest absolute Gasteiger partial charge is 0.344 e. The molecule has 19 heavy (non-hydrogen) atoms. The molecular formula is C16H17Cl2N. The lowest BCUT2D eigenvalue weighted by Gasteiger charge is -2.24. The van der Waals surface area contributed by atoms with Gasteiger partial charge >= 0.3 is 0 Å². The highest BCUT2D eigenvalue weighted by Gasteiger charge is 2.13. The van der Waals surface area contributed by atoms with Crippen LogP contribution in [0.1, 0.15) is 16.7 Å². The minimum Gasteiger partial charge on any atom is -0.344 e. The minimum atomic E-state index is 0.407. The van der Waals surface area contributed by atoms with Gasteiger partial charge in [0.15, 0.2) is 0 Å². The van der Waals surface area contributed by atoms with Crippen LogP contribution in [-0.4, -0.2) is 7.05 Å². The quantitative estimate of drug-likeness (QED) is 0.679. The first kappa shape index (κ1) is 14.2. The van der Waals surface area contributed by atoms with Gasteiger partial charge in [-0.15, -0.1) is 11.6 Å². The van der Waals surface area contributed by atoms with E-state index in [2.05, 4.69) is 36.9 Å². The van der Waals surface area contributed by atoms with Crippen molar-refractivity contribution in [2.45, 2.75) is 19.7 Å². The van der Waals surface area contributed by atoms with Gasteiger partial charge in [0.2, 0.25) is 0 Å². The molecule has 100 valence electrons. The Labute approximate surface area is 124 Å². The zero-order valence-electron chi connectivity index (χ0n) is 11.4. The normalized spacial score (nSPS) is 10.6. The molecule has 3 heteroatoms. The van der Waals surface area contributed by atoms with Gasteiger partial charge in [0.25, 0.3) is 0 Å². The molecule has 0 saturated carbocycles. The second kappa shape index (κ2) is 5.85. The van der Waals surface area contributed by atoms with Gasteiger partial charge in [-0.25, -0.2) is 0 Å². The predicted molar refractivity (Wildman–Crippen MR) is 85.0 cm³/mol. The first-order valence-electron chi connectivity index (χ1n) is 6.19. The van der Waals surface area contributed by atoms with E-state index in [-0.39, 0.29) is 0 Å². The summed E-state index contributed by atoms with van der Waals surface area (Å²) >= 11 is 12.2. The third kappa shape index (κ3) is 2.88. The van der Waals surface area contributed by atoms with Gasteiger partial charge in [0.1, 0.15) is 0 Å². The van der Waals surface area contributed by atoms with E-state index in [1.54, 1.807) is 0 Å². The number of anilines is 2. The van der Waals surface area contributed by atoms with E-state index in [0.29, 0.717) is 10.9 Å². The molecule has 0 N–H and O–H groups in total. The van der Waals surface area contributed by atoms with Crippen molar-refractivity contribution in [1.82, 2.24) is 0 Å². The average Bonchev–Trinajstić information content (AvgIpc) is 2.37. The van der Waals surface area contributed by atoms with Crippen LogP contribution in [0, 0.1) is 13.8 Å². The Bertz CT molecular complexity index is 593. The fourth-order valence-corrected chi connectivity index (χ4v) is 2.89. The van der Waals surface area contributed by atoms with Crippen LogP contribution in [0.4, 0.5) is 11.4 Å². The van der Waals surface area contributed by atoms with Crippen LogP contribution in [0.15, 0.2) is 36.4 Å². The van der Waals surface area contributed by atoms with Gasteiger partial charge < -0.3 is 4.90 Å². The fraction of sp³-hybridized carbons (Fsp3) is 0.250. The molecule has 0 fully saturated rings. The maximum absolute atomic E-state index is 6.21. The number of halogens is 2. The van der Waals surface area contributed by atoms with E-state index in [9.17, 15) is 0 Å². The second-order valence-electron chi connectivity index (χ2n) is 4.72. The summed E-state index contributed by atoms with van der Waals surface area (Å²) in [5.74, 6) is 0.407. The predicted octanol–water partition coefficient (Wildman–Crippen LogP) is 5.46. The molecule has 0 bridgehead atoms. The van der Waals surface area contributed by atoms with E-state index in [4.69, 9.17) is 23.2 Å². The molecule has 0 saturated heterocycles. The van der Waals surface area contributed by atoms with E-state index >= 15 is 0 Å². The highest BCUT2D eigenvalue weighted by Crippen LogP contribution is 2.34. The first-order chi connectivity index (χ1) is 9.04. The second-order valence-corrected chi connectivity index (χ2v) is 5.39. The van der Waals surface area contributed by atoms with Crippen molar-refractivity contribution >= 4 is 34.6 Å². The molecule has 0 aliphatic heterocycles. The zero-order chi connectivity index (χ0) is 14.0. The summed E-state index contributed by atoms with van der Waals surface area (Å²) in [5, 5.41) is 0.712. The first-order valence-corrected chi connectivity index (χ1v) is 7.10. The fourth-order valence-electron chi connectivity index (χ4n) is 2.31. The van der Waals surface area contributed by atoms with Crippen molar-refractivity contribution in [3.8, 4) is 0 Å². The Balaban J connectivity index is 2.50. The van der Waals surface area contributed by atoms with Crippen LogP contribution in [0.2, 0.25) is 5.02 Å². The van der Waals surface area contributed by atoms with Gasteiger partial charge in [-0.05, 0) is 37.6 Å². The van der Waals surface area contributed by atoms with Crippen LogP contribution >= 0.6 is 23.2 Å². The van der Waals surface area contributed by atoms with Gasteiger partial charge in [0.05, 0.1) is 5.88 Å². The lowest BCUT2D eigenvalue weighted by atomic mass is 10.1. The van der Waals surface area contributed by atoms with Crippen LogP contribution < -0.4 is 4.90 Å². The van der Waals surface area contributed by atoms with E-state index < -0.39 is 0 Å². The Hall–Kier alpha value is -1.18. The number of hydrogen-bond donors (Lipinski definition) is 0. The molecule has 0 amide bonds. The SMILES string of the molecule is Cc1ccc(N(C)c2cccc(Cl)c2CCl)c(C)c1. The lowest BCUT2D eigenvalue weighted by molar-refractivity contribution is 1.15. The average molecular weight is 294 g/mol. The van der Waals surface area contributed by atoms with Crippen molar-refractivity contribution in [3.05, 3.63) is 58.1 Å². The molecule has 1 nitrogen and oxygen atoms in total. The summed E-state index contributed by atoms with van der Waals surface area (Å²) < 4.78 is 0. The van der Waals surface area contributed by atoms with Crippen molar-refractivity contribution in [3.63, 3.8) is 0 Å². The van der Waals surface area contributed by atoms with Crippen molar-refractivity contribution in [2.75, 3.05) is 11.9 Å². The topological polar surface area (TPSA) is 3.24 Å². The molecule has 0 radical (unpaired) electrons. The van der Waals surface area contributed by atoms with E-state index in [1.807, 2.05) is 25.2 Å². The lowest BCUT2D eigenvalue weighted by Crippen LogP contribution is -2.13. The molecule has 2 aromatic rings. The Morgan fingerprint density at radius 3 is 2.42 bits per heavy atom. The summed E-state index contributed by atoms with van der Waals surface area (Å²) in [4.78, 5) is 2.14. The minimum absolute atomic E-state index is 0.407. The van der Waals surface area contributed by atoms with Crippen molar-refractivity contribution in [2.24, 2.45) is 0 Å². The van der Waals surface area contributed by atoms with E-state index in [1.165, 1.54) is 16.8 Å². The van der Waals surface area contributed by atoms with Gasteiger partial charge in [-0.1, -0.05) is 35.4 Å². The molecule has 2 rings (SSSR count). The number of aryl methyl sites for hydroxylation is 2. The molecular weight excluding hydrogens is 277 g/mol. The molecule has 0 unspecified atom stereocenters. The highest BCUT2D eigenvalue weighted by atomic mass is 35.5. The summed E-state index contributed by atoms with van der Waals surface area (Å²) in [6.07, 6.45) is 0. The Kier molecular flexibility index (Phi) is 4.38. The summed E-state index contributed by atoms with van der Waals surface area (Å²) in [6.45, 7) is 4.21. The molecule has 0 heterocycles. The number of rotatable bonds is 3. The third-order valence-electron chi connectivity index (χ3n) is 3.30. The van der Waals surface area contributed by atoms with Crippen molar-refractivity contribution < 1.29 is 0 Å². The molecule has 0 aliphatic carbocycles. The third-order valence-corrected chi connectivity index (χ3v) is 3.92.